The molecule has 5 nitrogen and oxygen atoms in total. The van der Waals surface area contributed by atoms with Gasteiger partial charge in [0, 0.05) is 19.6 Å². The van der Waals surface area contributed by atoms with Crippen molar-refractivity contribution in [3.63, 3.8) is 0 Å². The average Bonchev–Trinajstić information content (AvgIpc) is 2.58. The molecule has 1 heterocycles. The number of rotatable bonds is 9. The zero-order chi connectivity index (χ0) is 16.7. The summed E-state index contributed by atoms with van der Waals surface area (Å²) in [6.07, 6.45) is 1.27. The number of aliphatic hydroxyl groups excluding tert-OH is 2. The molecule has 1 aliphatic heterocycles. The third-order valence-electron chi connectivity index (χ3n) is 4.40. The zero-order valence-electron chi connectivity index (χ0n) is 14.4. The molecule has 0 bridgehead atoms. The van der Waals surface area contributed by atoms with Crippen LogP contribution in [0.25, 0.3) is 0 Å². The molecule has 0 saturated carbocycles. The monoisotopic (exact) mass is 322 g/mol. The van der Waals surface area contributed by atoms with Crippen molar-refractivity contribution in [3.05, 3.63) is 23.8 Å². The van der Waals surface area contributed by atoms with Gasteiger partial charge >= 0.3 is 0 Å². The summed E-state index contributed by atoms with van der Waals surface area (Å²) < 4.78 is 5.78. The Labute approximate surface area is 139 Å². The zero-order valence-corrected chi connectivity index (χ0v) is 14.4. The molecule has 23 heavy (non-hydrogen) atoms. The second-order valence-corrected chi connectivity index (χ2v) is 6.03. The Morgan fingerprint density at radius 3 is 2.83 bits per heavy atom. The van der Waals surface area contributed by atoms with Gasteiger partial charge < -0.3 is 24.7 Å². The van der Waals surface area contributed by atoms with Crippen LogP contribution in [0.3, 0.4) is 0 Å². The molecule has 0 aliphatic carbocycles. The van der Waals surface area contributed by atoms with Crippen molar-refractivity contribution in [3.8, 4) is 5.75 Å². The molecule has 0 aromatic heterocycles. The van der Waals surface area contributed by atoms with E-state index in [0.29, 0.717) is 19.6 Å². The van der Waals surface area contributed by atoms with Gasteiger partial charge in [0.1, 0.15) is 12.4 Å². The molecule has 0 saturated heterocycles. The second kappa shape index (κ2) is 9.11. The predicted octanol–water partition coefficient (Wildman–Crippen LogP) is 2.03. The van der Waals surface area contributed by atoms with Crippen LogP contribution in [0.15, 0.2) is 18.2 Å². The number of ether oxygens (including phenoxy) is 1. The first-order valence-electron chi connectivity index (χ1n) is 8.72. The number of likely N-dealkylation sites (N-methyl/N-ethyl adjacent to an activating group) is 1. The van der Waals surface area contributed by atoms with Crippen LogP contribution >= 0.6 is 0 Å². The molecule has 0 amide bonds. The van der Waals surface area contributed by atoms with E-state index in [1.54, 1.807) is 0 Å². The highest BCUT2D eigenvalue weighted by atomic mass is 16.5. The van der Waals surface area contributed by atoms with Gasteiger partial charge in [0.25, 0.3) is 0 Å². The Morgan fingerprint density at radius 1 is 1.30 bits per heavy atom. The van der Waals surface area contributed by atoms with E-state index in [1.165, 1.54) is 0 Å². The predicted molar refractivity (Wildman–Crippen MR) is 93.2 cm³/mol. The molecule has 0 fully saturated rings. The van der Waals surface area contributed by atoms with Crippen molar-refractivity contribution in [2.24, 2.45) is 0 Å². The fourth-order valence-electron chi connectivity index (χ4n) is 3.04. The molecule has 0 spiro atoms. The van der Waals surface area contributed by atoms with Crippen LogP contribution in [0.2, 0.25) is 0 Å². The van der Waals surface area contributed by atoms with Crippen LogP contribution in [0.1, 0.15) is 38.4 Å². The van der Waals surface area contributed by atoms with E-state index in [9.17, 15) is 5.11 Å². The molecule has 2 N–H and O–H groups in total. The summed E-state index contributed by atoms with van der Waals surface area (Å²) in [5.41, 5.74) is 2.03. The Bertz CT molecular complexity index is 481. The first-order valence-corrected chi connectivity index (χ1v) is 8.72. The number of anilines is 1. The molecule has 1 aromatic carbocycles. The van der Waals surface area contributed by atoms with Gasteiger partial charge in [0.15, 0.2) is 0 Å². The maximum Gasteiger partial charge on any atom is 0.143 e. The highest BCUT2D eigenvalue weighted by Crippen LogP contribution is 2.34. The summed E-state index contributed by atoms with van der Waals surface area (Å²) >= 11 is 0. The quantitative estimate of drug-likeness (QED) is 0.728. The van der Waals surface area contributed by atoms with Gasteiger partial charge in [-0.3, -0.25) is 0 Å². The lowest BCUT2D eigenvalue weighted by atomic mass is 10.0. The van der Waals surface area contributed by atoms with Crippen molar-refractivity contribution in [1.82, 2.24) is 4.90 Å². The van der Waals surface area contributed by atoms with Gasteiger partial charge in [-0.1, -0.05) is 19.9 Å². The standard InChI is InChI=1S/C18H30N2O3/c1-3-8-20-11-13-23-18-14-15(5-6-16(18)20)17(22)7-9-19(4-2)10-12-21/h5-6,14,17,21-22H,3-4,7-13H2,1-2H3. The number of hydrogen-bond donors (Lipinski definition) is 2. The number of fused-ring (bicyclic) bond motifs is 1. The fraction of sp³-hybridized carbons (Fsp3) is 0.667. The van der Waals surface area contributed by atoms with E-state index < -0.39 is 6.10 Å². The number of benzene rings is 1. The number of nitrogens with zero attached hydrogens (tertiary/aromatic N) is 2. The lowest BCUT2D eigenvalue weighted by Gasteiger charge is -2.31. The maximum atomic E-state index is 10.4. The van der Waals surface area contributed by atoms with E-state index in [2.05, 4.69) is 29.7 Å². The van der Waals surface area contributed by atoms with Gasteiger partial charge in [-0.2, -0.15) is 0 Å². The smallest absolute Gasteiger partial charge is 0.143 e. The molecule has 5 heteroatoms. The lowest BCUT2D eigenvalue weighted by Crippen LogP contribution is -2.33. The van der Waals surface area contributed by atoms with E-state index in [-0.39, 0.29) is 6.61 Å². The number of hydrogen-bond acceptors (Lipinski definition) is 5. The largest absolute Gasteiger partial charge is 0.490 e. The summed E-state index contributed by atoms with van der Waals surface area (Å²) in [5.74, 6) is 0.879. The minimum atomic E-state index is -0.502. The SMILES string of the molecule is CCCN1CCOc2cc(C(O)CCN(CC)CCO)ccc21. The van der Waals surface area contributed by atoms with Crippen molar-refractivity contribution >= 4 is 5.69 Å². The lowest BCUT2D eigenvalue weighted by molar-refractivity contribution is 0.133. The highest BCUT2D eigenvalue weighted by Gasteiger charge is 2.19. The van der Waals surface area contributed by atoms with Crippen molar-refractivity contribution < 1.29 is 14.9 Å². The van der Waals surface area contributed by atoms with E-state index in [4.69, 9.17) is 9.84 Å². The Balaban J connectivity index is 2.00. The molecule has 2 rings (SSSR count). The van der Waals surface area contributed by atoms with Crippen molar-refractivity contribution in [1.29, 1.82) is 0 Å². The minimum Gasteiger partial charge on any atom is -0.490 e. The van der Waals surface area contributed by atoms with E-state index >= 15 is 0 Å². The third kappa shape index (κ3) is 4.83. The second-order valence-electron chi connectivity index (χ2n) is 6.03. The maximum absolute atomic E-state index is 10.4. The van der Waals surface area contributed by atoms with E-state index in [0.717, 1.165) is 49.6 Å². The molecule has 1 aliphatic rings. The Hall–Kier alpha value is -1.30. The normalized spacial score (nSPS) is 15.4. The molecule has 1 aromatic rings. The van der Waals surface area contributed by atoms with Crippen LogP contribution in [-0.4, -0.2) is 61.1 Å². The topological polar surface area (TPSA) is 56.2 Å². The van der Waals surface area contributed by atoms with Crippen LogP contribution in [-0.2, 0) is 0 Å². The Morgan fingerprint density at radius 2 is 2.13 bits per heavy atom. The fourth-order valence-corrected chi connectivity index (χ4v) is 3.04. The summed E-state index contributed by atoms with van der Waals surface area (Å²) in [7, 11) is 0. The molecular weight excluding hydrogens is 292 g/mol. The molecule has 1 atom stereocenters. The summed E-state index contributed by atoms with van der Waals surface area (Å²) in [5, 5.41) is 19.5. The van der Waals surface area contributed by atoms with Crippen LogP contribution in [0.5, 0.6) is 5.75 Å². The molecule has 0 radical (unpaired) electrons. The first-order chi connectivity index (χ1) is 11.2. The molecule has 130 valence electrons. The van der Waals surface area contributed by atoms with Crippen LogP contribution in [0.4, 0.5) is 5.69 Å². The van der Waals surface area contributed by atoms with Gasteiger partial charge in [-0.25, -0.2) is 0 Å². The molecular formula is C18H30N2O3. The Kier molecular flexibility index (Phi) is 7.15. The average molecular weight is 322 g/mol. The number of aliphatic hydroxyl groups is 2. The first kappa shape index (κ1) is 18.0. The van der Waals surface area contributed by atoms with E-state index in [1.807, 2.05) is 12.1 Å². The summed E-state index contributed by atoms with van der Waals surface area (Å²) in [4.78, 5) is 4.48. The van der Waals surface area contributed by atoms with Gasteiger partial charge in [-0.15, -0.1) is 0 Å². The third-order valence-corrected chi connectivity index (χ3v) is 4.40. The van der Waals surface area contributed by atoms with Crippen LogP contribution in [0, 0.1) is 0 Å². The van der Waals surface area contributed by atoms with Crippen molar-refractivity contribution in [2.45, 2.75) is 32.8 Å². The summed E-state index contributed by atoms with van der Waals surface area (Å²) in [6, 6.07) is 6.04. The minimum absolute atomic E-state index is 0.157. The van der Waals surface area contributed by atoms with Crippen LogP contribution < -0.4 is 9.64 Å². The highest BCUT2D eigenvalue weighted by molar-refractivity contribution is 5.61. The van der Waals surface area contributed by atoms with Crippen molar-refractivity contribution in [2.75, 3.05) is 50.8 Å². The van der Waals surface area contributed by atoms with Gasteiger partial charge in [0.2, 0.25) is 0 Å². The van der Waals surface area contributed by atoms with Gasteiger partial charge in [-0.05, 0) is 37.1 Å². The summed E-state index contributed by atoms with van der Waals surface area (Å²) in [6.45, 7) is 9.38. The molecule has 1 unspecified atom stereocenters. The van der Waals surface area contributed by atoms with Gasteiger partial charge in [0.05, 0.1) is 24.9 Å².